The van der Waals surface area contributed by atoms with E-state index in [1.807, 2.05) is 65.7 Å². The third kappa shape index (κ3) is 3.12. The number of hydrogen-bond acceptors (Lipinski definition) is 4. The molecule has 0 bridgehead atoms. The molecule has 1 N–H and O–H groups in total. The molecule has 2 aromatic carbocycles. The Balaban J connectivity index is 2.04. The highest BCUT2D eigenvalue weighted by atomic mass is 35.5. The van der Waals surface area contributed by atoms with Crippen molar-refractivity contribution in [2.24, 2.45) is 5.10 Å². The maximum Gasteiger partial charge on any atom is 0.156 e. The Kier molecular flexibility index (Phi) is 3.99. The average molecular weight is 319 g/mol. The number of anilines is 2. The van der Waals surface area contributed by atoms with E-state index in [0.717, 1.165) is 11.4 Å². The molecule has 1 aliphatic rings. The number of nitrogens with zero attached hydrogens (tertiary/aromatic N) is 3. The topological polar surface area (TPSA) is 30.9 Å². The summed E-state index contributed by atoms with van der Waals surface area (Å²) in [6.07, 6.45) is 1.55. The van der Waals surface area contributed by atoms with E-state index in [4.69, 9.17) is 23.2 Å². The maximum absolute atomic E-state index is 6.04. The van der Waals surface area contributed by atoms with E-state index >= 15 is 0 Å². The highest BCUT2D eigenvalue weighted by molar-refractivity contribution is 6.69. The van der Waals surface area contributed by atoms with Crippen molar-refractivity contribution in [3.05, 3.63) is 71.9 Å². The summed E-state index contributed by atoms with van der Waals surface area (Å²) in [5.41, 5.74) is 4.81. The van der Waals surface area contributed by atoms with Crippen LogP contribution < -0.4 is 10.4 Å². The Morgan fingerprint density at radius 2 is 1.38 bits per heavy atom. The normalized spacial score (nSPS) is 14.1. The molecule has 0 atom stereocenters. The number of hydrazine groups is 2. The van der Waals surface area contributed by atoms with E-state index in [1.54, 1.807) is 6.08 Å². The summed E-state index contributed by atoms with van der Waals surface area (Å²) in [6, 6.07) is 19.6. The van der Waals surface area contributed by atoms with E-state index in [9.17, 15) is 0 Å². The van der Waals surface area contributed by atoms with Crippen LogP contribution >= 0.6 is 23.2 Å². The fraction of sp³-hybridized carbons (Fsp3) is 0. The Morgan fingerprint density at radius 1 is 0.857 bits per heavy atom. The average Bonchev–Trinajstić information content (AvgIpc) is 2.49. The monoisotopic (exact) mass is 318 g/mol. The van der Waals surface area contributed by atoms with Crippen LogP contribution in [0.4, 0.5) is 11.4 Å². The third-order valence-corrected chi connectivity index (χ3v) is 3.21. The molecule has 0 unspecified atom stereocenters. The Hall–Kier alpha value is -2.17. The van der Waals surface area contributed by atoms with Gasteiger partial charge < -0.3 is 0 Å². The molecular weight excluding hydrogens is 307 g/mol. The molecule has 0 fully saturated rings. The lowest BCUT2D eigenvalue weighted by molar-refractivity contribution is 0.229. The van der Waals surface area contributed by atoms with Gasteiger partial charge in [-0.25, -0.2) is 5.01 Å². The van der Waals surface area contributed by atoms with Gasteiger partial charge in [-0.05, 0) is 24.3 Å². The zero-order valence-corrected chi connectivity index (χ0v) is 12.5. The van der Waals surface area contributed by atoms with E-state index in [2.05, 4.69) is 10.5 Å². The van der Waals surface area contributed by atoms with Gasteiger partial charge in [-0.1, -0.05) is 64.8 Å². The van der Waals surface area contributed by atoms with Crippen molar-refractivity contribution in [3.63, 3.8) is 0 Å². The molecule has 21 heavy (non-hydrogen) atoms. The quantitative estimate of drug-likeness (QED) is 0.861. The first-order chi connectivity index (χ1) is 10.2. The molecule has 0 saturated heterocycles. The van der Waals surface area contributed by atoms with Gasteiger partial charge in [-0.2, -0.15) is 0 Å². The van der Waals surface area contributed by atoms with Gasteiger partial charge in [-0.3, -0.25) is 5.43 Å². The zero-order valence-electron chi connectivity index (χ0n) is 10.9. The van der Waals surface area contributed by atoms with Crippen molar-refractivity contribution in [2.45, 2.75) is 0 Å². The molecule has 1 aliphatic heterocycles. The number of halogens is 2. The minimum Gasteiger partial charge on any atom is -0.251 e. The third-order valence-electron chi connectivity index (χ3n) is 2.83. The second kappa shape index (κ2) is 6.08. The summed E-state index contributed by atoms with van der Waals surface area (Å²) in [5.74, 6) is 0. The predicted octanol–water partition coefficient (Wildman–Crippen LogP) is 4.19. The van der Waals surface area contributed by atoms with Crippen LogP contribution in [0.15, 0.2) is 77.0 Å². The van der Waals surface area contributed by atoms with E-state index in [0.29, 0.717) is 10.3 Å². The number of hydrogen-bond donors (Lipinski definition) is 1. The second-order valence-electron chi connectivity index (χ2n) is 4.30. The summed E-state index contributed by atoms with van der Waals surface area (Å²) in [7, 11) is 0. The number of allylic oxidation sites excluding steroid dienone is 1. The molecule has 2 aromatic rings. The first kappa shape index (κ1) is 13.8. The van der Waals surface area contributed by atoms with Gasteiger partial charge in [0.2, 0.25) is 0 Å². The number of nitrogens with one attached hydrogen (secondary N) is 1. The van der Waals surface area contributed by atoms with Crippen LogP contribution in [0.5, 0.6) is 0 Å². The fourth-order valence-electron chi connectivity index (χ4n) is 1.98. The lowest BCUT2D eigenvalue weighted by atomic mass is 10.2. The Labute approximate surface area is 132 Å². The van der Waals surface area contributed by atoms with Gasteiger partial charge in [-0.15, -0.1) is 5.10 Å². The molecule has 0 radical (unpaired) electrons. The van der Waals surface area contributed by atoms with Crippen molar-refractivity contribution < 1.29 is 0 Å². The summed E-state index contributed by atoms with van der Waals surface area (Å²) in [5, 5.41) is 8.33. The minimum atomic E-state index is 0.301. The predicted molar refractivity (Wildman–Crippen MR) is 87.2 cm³/mol. The SMILES string of the molecule is ClC1=CC(Cl)=NN(N(c2ccccc2)c2ccccc2)N1. The standard InChI is InChI=1S/C15H12Cl2N4/c16-14-11-15(17)19-21(18-14)20(12-7-3-1-4-8-12)13-9-5-2-6-10-13/h1-11,18H. The highest BCUT2D eigenvalue weighted by Gasteiger charge is 2.20. The zero-order chi connectivity index (χ0) is 14.7. The summed E-state index contributed by atoms with van der Waals surface area (Å²) in [6.45, 7) is 0. The minimum absolute atomic E-state index is 0.301. The smallest absolute Gasteiger partial charge is 0.156 e. The largest absolute Gasteiger partial charge is 0.251 e. The van der Waals surface area contributed by atoms with E-state index in [-0.39, 0.29) is 0 Å². The van der Waals surface area contributed by atoms with Crippen LogP contribution in [-0.2, 0) is 0 Å². The number of hydrazone groups is 1. The van der Waals surface area contributed by atoms with E-state index in [1.165, 1.54) is 5.23 Å². The lowest BCUT2D eigenvalue weighted by Crippen LogP contribution is -2.46. The van der Waals surface area contributed by atoms with Crippen LogP contribution in [0.2, 0.25) is 0 Å². The van der Waals surface area contributed by atoms with Crippen LogP contribution in [0.3, 0.4) is 0 Å². The van der Waals surface area contributed by atoms with Crippen LogP contribution in [0.25, 0.3) is 0 Å². The first-order valence-corrected chi connectivity index (χ1v) is 7.08. The number of benzene rings is 2. The van der Waals surface area contributed by atoms with Crippen LogP contribution in [0.1, 0.15) is 0 Å². The summed E-state index contributed by atoms with van der Waals surface area (Å²) >= 11 is 12.0. The second-order valence-corrected chi connectivity index (χ2v) is 5.09. The van der Waals surface area contributed by atoms with Crippen LogP contribution in [-0.4, -0.2) is 10.4 Å². The van der Waals surface area contributed by atoms with Crippen molar-refractivity contribution in [2.75, 3.05) is 5.01 Å². The maximum atomic E-state index is 6.04. The molecule has 0 amide bonds. The molecule has 1 heterocycles. The van der Waals surface area contributed by atoms with Crippen molar-refractivity contribution >= 4 is 39.7 Å². The fourth-order valence-corrected chi connectivity index (χ4v) is 2.39. The molecule has 0 aromatic heterocycles. The molecule has 106 valence electrons. The lowest BCUT2D eigenvalue weighted by Gasteiger charge is -2.35. The molecule has 0 saturated carbocycles. The van der Waals surface area contributed by atoms with Crippen LogP contribution in [0, 0.1) is 0 Å². The molecular formula is C15H12Cl2N4. The first-order valence-electron chi connectivity index (χ1n) is 6.32. The molecule has 6 heteroatoms. The summed E-state index contributed by atoms with van der Waals surface area (Å²) < 4.78 is 0. The Morgan fingerprint density at radius 3 is 1.86 bits per heavy atom. The molecule has 3 rings (SSSR count). The molecule has 0 aliphatic carbocycles. The van der Waals surface area contributed by atoms with Crippen molar-refractivity contribution in [1.82, 2.24) is 10.7 Å². The summed E-state index contributed by atoms with van der Waals surface area (Å²) in [4.78, 5) is 0. The van der Waals surface area contributed by atoms with Gasteiger partial charge in [0, 0.05) is 6.08 Å². The van der Waals surface area contributed by atoms with Gasteiger partial charge in [0.15, 0.2) is 5.17 Å². The number of rotatable bonds is 3. The molecule has 0 spiro atoms. The van der Waals surface area contributed by atoms with Gasteiger partial charge in [0.05, 0.1) is 11.4 Å². The highest BCUT2D eigenvalue weighted by Crippen LogP contribution is 2.28. The van der Waals surface area contributed by atoms with Gasteiger partial charge in [0.1, 0.15) is 5.16 Å². The van der Waals surface area contributed by atoms with Gasteiger partial charge in [0.25, 0.3) is 0 Å². The number of para-hydroxylation sites is 2. The van der Waals surface area contributed by atoms with Crippen molar-refractivity contribution in [3.8, 4) is 0 Å². The molecule has 4 nitrogen and oxygen atoms in total. The van der Waals surface area contributed by atoms with E-state index < -0.39 is 0 Å². The van der Waals surface area contributed by atoms with Crippen molar-refractivity contribution in [1.29, 1.82) is 0 Å². The van der Waals surface area contributed by atoms with Gasteiger partial charge >= 0.3 is 0 Å². The Bertz CT molecular complexity index is 631.